The molecule has 8 heteroatoms. The summed E-state index contributed by atoms with van der Waals surface area (Å²) in [7, 11) is 0. The van der Waals surface area contributed by atoms with Gasteiger partial charge >= 0.3 is 6.18 Å². The number of anilines is 2. The second-order valence-electron chi connectivity index (χ2n) is 5.41. The molecule has 0 aliphatic rings. The van der Waals surface area contributed by atoms with Crippen molar-refractivity contribution >= 4 is 28.9 Å². The van der Waals surface area contributed by atoms with Crippen LogP contribution in [0.4, 0.5) is 24.5 Å². The molecule has 0 radical (unpaired) electrons. The van der Waals surface area contributed by atoms with Gasteiger partial charge in [-0.1, -0.05) is 11.6 Å². The predicted octanol–water partition coefficient (Wildman–Crippen LogP) is 4.83. The molecule has 0 saturated carbocycles. The lowest BCUT2D eigenvalue weighted by Gasteiger charge is -2.13. The van der Waals surface area contributed by atoms with Crippen LogP contribution in [-0.2, 0) is 6.18 Å². The van der Waals surface area contributed by atoms with Crippen LogP contribution in [-0.4, -0.2) is 16.9 Å². The van der Waals surface area contributed by atoms with Crippen LogP contribution in [0.2, 0.25) is 5.02 Å². The molecule has 24 heavy (non-hydrogen) atoms. The lowest BCUT2D eigenvalue weighted by Crippen LogP contribution is -2.15. The van der Waals surface area contributed by atoms with E-state index in [4.69, 9.17) is 11.6 Å². The third-order valence-electron chi connectivity index (χ3n) is 3.00. The van der Waals surface area contributed by atoms with E-state index in [2.05, 4.69) is 15.6 Å². The van der Waals surface area contributed by atoms with Crippen LogP contribution >= 0.6 is 11.6 Å². The molecular weight excluding hydrogens is 343 g/mol. The maximum absolute atomic E-state index is 12.8. The van der Waals surface area contributed by atoms with Crippen molar-refractivity contribution in [3.63, 3.8) is 0 Å². The maximum atomic E-state index is 12.8. The van der Waals surface area contributed by atoms with E-state index in [1.807, 2.05) is 13.8 Å². The van der Waals surface area contributed by atoms with Gasteiger partial charge in [0.25, 0.3) is 5.91 Å². The summed E-state index contributed by atoms with van der Waals surface area (Å²) in [5.74, 6) is -0.601. The Kier molecular flexibility index (Phi) is 5.33. The van der Waals surface area contributed by atoms with Gasteiger partial charge in [-0.3, -0.25) is 9.78 Å². The van der Waals surface area contributed by atoms with Crippen LogP contribution in [0.1, 0.15) is 29.8 Å². The van der Waals surface area contributed by atoms with Crippen molar-refractivity contribution < 1.29 is 18.0 Å². The summed E-state index contributed by atoms with van der Waals surface area (Å²) in [4.78, 5) is 16.2. The smallest absolute Gasteiger partial charge is 0.382 e. The number of pyridine rings is 1. The van der Waals surface area contributed by atoms with E-state index < -0.39 is 17.6 Å². The highest BCUT2D eigenvalue weighted by atomic mass is 35.5. The molecule has 2 rings (SSSR count). The molecule has 1 aromatic carbocycles. The SMILES string of the molecule is CC(C)Nc1cncc(C(=O)Nc2cc(C(F)(F)F)ccc2Cl)c1. The Labute approximate surface area is 142 Å². The zero-order valence-electron chi connectivity index (χ0n) is 12.9. The van der Waals surface area contributed by atoms with Gasteiger partial charge in [0.2, 0.25) is 0 Å². The highest BCUT2D eigenvalue weighted by Crippen LogP contribution is 2.34. The van der Waals surface area contributed by atoms with Crippen LogP contribution < -0.4 is 10.6 Å². The Bertz CT molecular complexity index is 748. The van der Waals surface area contributed by atoms with Gasteiger partial charge in [0, 0.05) is 18.4 Å². The Balaban J connectivity index is 2.24. The molecule has 2 N–H and O–H groups in total. The first-order chi connectivity index (χ1) is 11.2. The van der Waals surface area contributed by atoms with Gasteiger partial charge in [0.1, 0.15) is 0 Å². The quantitative estimate of drug-likeness (QED) is 0.824. The number of alkyl halides is 3. The molecule has 2 aromatic rings. The highest BCUT2D eigenvalue weighted by Gasteiger charge is 2.31. The second kappa shape index (κ2) is 7.09. The molecule has 0 aliphatic carbocycles. The van der Waals surface area contributed by atoms with Gasteiger partial charge in [-0.05, 0) is 38.1 Å². The molecule has 0 bridgehead atoms. The summed E-state index contributed by atoms with van der Waals surface area (Å²) in [5, 5.41) is 5.48. The van der Waals surface area contributed by atoms with Crippen molar-refractivity contribution in [2.45, 2.75) is 26.1 Å². The topological polar surface area (TPSA) is 54.0 Å². The summed E-state index contributed by atoms with van der Waals surface area (Å²) < 4.78 is 38.3. The molecule has 1 aromatic heterocycles. The number of benzene rings is 1. The van der Waals surface area contributed by atoms with Crippen LogP contribution in [0.15, 0.2) is 36.7 Å². The molecule has 0 atom stereocenters. The van der Waals surface area contributed by atoms with Gasteiger partial charge in [-0.15, -0.1) is 0 Å². The fourth-order valence-electron chi connectivity index (χ4n) is 1.97. The molecule has 0 spiro atoms. The van der Waals surface area contributed by atoms with Crippen molar-refractivity contribution in [1.29, 1.82) is 0 Å². The van der Waals surface area contributed by atoms with Gasteiger partial charge < -0.3 is 10.6 Å². The van der Waals surface area contributed by atoms with Crippen LogP contribution in [0.5, 0.6) is 0 Å². The highest BCUT2D eigenvalue weighted by molar-refractivity contribution is 6.34. The third kappa shape index (κ3) is 4.61. The number of aromatic nitrogens is 1. The van der Waals surface area contributed by atoms with E-state index in [0.717, 1.165) is 18.2 Å². The number of halogens is 4. The molecular formula is C16H15ClF3N3O. The Morgan fingerprint density at radius 1 is 1.21 bits per heavy atom. The lowest BCUT2D eigenvalue weighted by atomic mass is 10.1. The summed E-state index contributed by atoms with van der Waals surface area (Å²) in [5.41, 5.74) is -0.170. The summed E-state index contributed by atoms with van der Waals surface area (Å²) in [6.07, 6.45) is -1.65. The molecule has 0 fully saturated rings. The maximum Gasteiger partial charge on any atom is 0.416 e. The van der Waals surface area contributed by atoms with Crippen LogP contribution in [0.3, 0.4) is 0 Å². The van der Waals surface area contributed by atoms with E-state index in [9.17, 15) is 18.0 Å². The number of amides is 1. The Morgan fingerprint density at radius 2 is 1.92 bits per heavy atom. The van der Waals surface area contributed by atoms with E-state index in [-0.39, 0.29) is 22.3 Å². The number of carbonyl (C=O) groups is 1. The summed E-state index contributed by atoms with van der Waals surface area (Å²) in [6.45, 7) is 3.85. The van der Waals surface area contributed by atoms with Gasteiger partial charge in [0.15, 0.2) is 0 Å². The van der Waals surface area contributed by atoms with Gasteiger partial charge in [0.05, 0.1) is 27.5 Å². The van der Waals surface area contributed by atoms with E-state index in [1.165, 1.54) is 6.20 Å². The first kappa shape index (κ1) is 18.1. The minimum atomic E-state index is -4.52. The van der Waals surface area contributed by atoms with Crippen LogP contribution in [0.25, 0.3) is 0 Å². The van der Waals surface area contributed by atoms with Crippen LogP contribution in [0, 0.1) is 0 Å². The van der Waals surface area contributed by atoms with Gasteiger partial charge in [-0.2, -0.15) is 13.2 Å². The van der Waals surface area contributed by atoms with Crippen molar-refractivity contribution in [1.82, 2.24) is 4.98 Å². The zero-order valence-corrected chi connectivity index (χ0v) is 13.7. The number of rotatable bonds is 4. The first-order valence-corrected chi connectivity index (χ1v) is 7.44. The zero-order chi connectivity index (χ0) is 17.9. The molecule has 0 unspecified atom stereocenters. The van der Waals surface area contributed by atoms with E-state index in [1.54, 1.807) is 12.3 Å². The molecule has 1 heterocycles. The second-order valence-corrected chi connectivity index (χ2v) is 5.82. The predicted molar refractivity (Wildman–Crippen MR) is 87.4 cm³/mol. The average molecular weight is 358 g/mol. The normalized spacial score (nSPS) is 11.5. The number of nitrogens with zero attached hydrogens (tertiary/aromatic N) is 1. The largest absolute Gasteiger partial charge is 0.416 e. The van der Waals surface area contributed by atoms with E-state index >= 15 is 0 Å². The molecule has 128 valence electrons. The summed E-state index contributed by atoms with van der Waals surface area (Å²) in [6, 6.07) is 4.44. The van der Waals surface area contributed by atoms with Crippen molar-refractivity contribution in [2.24, 2.45) is 0 Å². The standard InChI is InChI=1S/C16H15ClF3N3O/c1-9(2)22-12-5-10(7-21-8-12)15(24)23-14-6-11(16(18,19)20)3-4-13(14)17/h3-9,22H,1-2H3,(H,23,24). The number of hydrogen-bond acceptors (Lipinski definition) is 3. The molecule has 0 aliphatic heterocycles. The van der Waals surface area contributed by atoms with Crippen molar-refractivity contribution in [2.75, 3.05) is 10.6 Å². The minimum absolute atomic E-state index is 0.0146. The summed E-state index contributed by atoms with van der Waals surface area (Å²) >= 11 is 5.87. The fraction of sp³-hybridized carbons (Fsp3) is 0.250. The Hall–Kier alpha value is -2.28. The minimum Gasteiger partial charge on any atom is -0.382 e. The van der Waals surface area contributed by atoms with Crippen molar-refractivity contribution in [3.8, 4) is 0 Å². The first-order valence-electron chi connectivity index (χ1n) is 7.06. The molecule has 0 saturated heterocycles. The molecule has 4 nitrogen and oxygen atoms in total. The number of nitrogens with one attached hydrogen (secondary N) is 2. The lowest BCUT2D eigenvalue weighted by molar-refractivity contribution is -0.137. The number of carbonyl (C=O) groups excluding carboxylic acids is 1. The Morgan fingerprint density at radius 3 is 2.54 bits per heavy atom. The molecule has 1 amide bonds. The third-order valence-corrected chi connectivity index (χ3v) is 3.33. The van der Waals surface area contributed by atoms with Gasteiger partial charge in [-0.25, -0.2) is 0 Å². The monoisotopic (exact) mass is 357 g/mol. The number of hydrogen-bond donors (Lipinski definition) is 2. The van der Waals surface area contributed by atoms with E-state index in [0.29, 0.717) is 5.69 Å². The van der Waals surface area contributed by atoms with Crippen molar-refractivity contribution in [3.05, 3.63) is 52.8 Å². The fourth-order valence-corrected chi connectivity index (χ4v) is 2.13. The average Bonchev–Trinajstić information content (AvgIpc) is 2.48.